The maximum atomic E-state index is 13.3. The lowest BCUT2D eigenvalue weighted by Gasteiger charge is -2.13. The van der Waals surface area contributed by atoms with Crippen molar-refractivity contribution >= 4 is 32.7 Å². The molecule has 5 rings (SSSR count). The van der Waals surface area contributed by atoms with Crippen molar-refractivity contribution in [2.24, 2.45) is 0 Å². The number of methoxy groups -OCH3 is 1. The van der Waals surface area contributed by atoms with Crippen molar-refractivity contribution in [1.82, 2.24) is 19.9 Å². The van der Waals surface area contributed by atoms with Crippen LogP contribution in [0.1, 0.15) is 21.7 Å². The van der Waals surface area contributed by atoms with Crippen LogP contribution in [0.5, 0.6) is 5.75 Å². The first-order valence-electron chi connectivity index (χ1n) is 10.6. The van der Waals surface area contributed by atoms with Crippen LogP contribution in [-0.2, 0) is 0 Å². The molecule has 4 aromatic heterocycles. The number of nitrogens with zero attached hydrogens (tertiary/aromatic N) is 4. The molecule has 168 valence electrons. The number of hydrogen-bond acceptors (Lipinski definition) is 7. The van der Waals surface area contributed by atoms with Crippen LogP contribution in [0.2, 0.25) is 0 Å². The van der Waals surface area contributed by atoms with Gasteiger partial charge in [0.15, 0.2) is 10.8 Å². The highest BCUT2D eigenvalue weighted by molar-refractivity contribution is 7.22. The first kappa shape index (κ1) is 21.7. The van der Waals surface area contributed by atoms with Gasteiger partial charge in [-0.25, -0.2) is 4.98 Å². The minimum Gasteiger partial charge on any atom is -0.496 e. The number of benzene rings is 1. The van der Waals surface area contributed by atoms with Gasteiger partial charge in [0.1, 0.15) is 5.75 Å². The van der Waals surface area contributed by atoms with Crippen LogP contribution in [0, 0.1) is 13.8 Å². The molecule has 0 spiro atoms. The highest BCUT2D eigenvalue weighted by Crippen LogP contribution is 2.34. The number of aromatic nitrogens is 4. The number of thiazole rings is 1. The van der Waals surface area contributed by atoms with Gasteiger partial charge in [0.25, 0.3) is 5.91 Å². The van der Waals surface area contributed by atoms with Gasteiger partial charge < -0.3 is 4.74 Å². The zero-order chi connectivity index (χ0) is 23.7. The Morgan fingerprint density at radius 1 is 0.912 bits per heavy atom. The minimum absolute atomic E-state index is 0.294. The molecule has 1 amide bonds. The number of carbonyl (C=O) groups excluding carboxylic acids is 1. The normalized spacial score (nSPS) is 10.9. The summed E-state index contributed by atoms with van der Waals surface area (Å²) in [5.41, 5.74) is 6.35. The van der Waals surface area contributed by atoms with Gasteiger partial charge in [-0.15, -0.1) is 0 Å². The Hall–Kier alpha value is -4.17. The molecule has 8 heteroatoms. The van der Waals surface area contributed by atoms with Gasteiger partial charge in [-0.3, -0.25) is 20.1 Å². The predicted octanol–water partition coefficient (Wildman–Crippen LogP) is 5.69. The van der Waals surface area contributed by atoms with Gasteiger partial charge in [0.05, 0.1) is 17.4 Å². The zero-order valence-electron chi connectivity index (χ0n) is 18.9. The van der Waals surface area contributed by atoms with E-state index in [1.807, 2.05) is 62.4 Å². The van der Waals surface area contributed by atoms with E-state index in [1.165, 1.54) is 11.3 Å². The summed E-state index contributed by atoms with van der Waals surface area (Å²) in [6, 6.07) is 15.5. The number of fused-ring (bicyclic) bond motifs is 1. The average molecular weight is 468 g/mol. The van der Waals surface area contributed by atoms with Gasteiger partial charge in [0, 0.05) is 46.7 Å². The van der Waals surface area contributed by atoms with E-state index < -0.39 is 0 Å². The number of nitrogens with one attached hydrogen (secondary N) is 1. The lowest BCUT2D eigenvalue weighted by molar-refractivity contribution is 0.102. The number of hydrogen-bond donors (Lipinski definition) is 1. The maximum Gasteiger partial charge on any atom is 0.259 e. The molecule has 0 fully saturated rings. The molecule has 0 aliphatic heterocycles. The Bertz CT molecular complexity index is 1530. The fourth-order valence-corrected chi connectivity index (χ4v) is 4.61. The van der Waals surface area contributed by atoms with E-state index in [1.54, 1.807) is 25.7 Å². The third-order valence-electron chi connectivity index (χ3n) is 5.38. The SMILES string of the molecule is COc1ccccc1-c1cc(C)ncc1C(=O)Nc1nc2ncc(-c3ccnc(C)c3)cc2s1. The van der Waals surface area contributed by atoms with Crippen LogP contribution in [0.15, 0.2) is 67.1 Å². The Morgan fingerprint density at radius 3 is 2.56 bits per heavy atom. The summed E-state index contributed by atoms with van der Waals surface area (Å²) >= 11 is 1.38. The first-order valence-corrected chi connectivity index (χ1v) is 11.4. The van der Waals surface area contributed by atoms with Crippen LogP contribution in [0.3, 0.4) is 0 Å². The Kier molecular flexibility index (Phi) is 5.73. The summed E-state index contributed by atoms with van der Waals surface area (Å²) in [5, 5.41) is 3.39. The summed E-state index contributed by atoms with van der Waals surface area (Å²) in [5.74, 6) is 0.391. The second-order valence-corrected chi connectivity index (χ2v) is 8.81. The van der Waals surface area contributed by atoms with Crippen LogP contribution >= 0.6 is 11.3 Å². The topological polar surface area (TPSA) is 89.9 Å². The molecule has 0 atom stereocenters. The van der Waals surface area contributed by atoms with E-state index in [9.17, 15) is 4.79 Å². The molecular weight excluding hydrogens is 446 g/mol. The monoisotopic (exact) mass is 467 g/mol. The summed E-state index contributed by atoms with van der Waals surface area (Å²) in [4.78, 5) is 30.8. The number of rotatable bonds is 5. The molecule has 0 aliphatic carbocycles. The fourth-order valence-electron chi connectivity index (χ4n) is 3.75. The molecule has 5 aromatic rings. The van der Waals surface area contributed by atoms with Crippen LogP contribution < -0.4 is 10.1 Å². The molecule has 1 aromatic carbocycles. The standard InChI is InChI=1S/C26H21N5O2S/c1-15-10-17(8-9-27-15)18-12-23-24(29-13-18)30-26(34-23)31-25(32)21-14-28-16(2)11-20(21)19-6-4-5-7-22(19)33-3/h4-14H,1-3H3,(H,29,30,31,32). The number of carbonyl (C=O) groups is 1. The van der Waals surface area contributed by atoms with Gasteiger partial charge >= 0.3 is 0 Å². The Labute approximate surface area is 200 Å². The van der Waals surface area contributed by atoms with Crippen LogP contribution in [0.25, 0.3) is 32.6 Å². The highest BCUT2D eigenvalue weighted by atomic mass is 32.1. The smallest absolute Gasteiger partial charge is 0.259 e. The number of amides is 1. The zero-order valence-corrected chi connectivity index (χ0v) is 19.7. The van der Waals surface area contributed by atoms with E-state index >= 15 is 0 Å². The lowest BCUT2D eigenvalue weighted by Crippen LogP contribution is -2.14. The van der Waals surface area contributed by atoms with Gasteiger partial charge in [-0.1, -0.05) is 29.5 Å². The van der Waals surface area contributed by atoms with Crippen molar-refractivity contribution < 1.29 is 9.53 Å². The summed E-state index contributed by atoms with van der Waals surface area (Å²) in [7, 11) is 1.61. The van der Waals surface area contributed by atoms with Crippen molar-refractivity contribution in [2.75, 3.05) is 12.4 Å². The van der Waals surface area contributed by atoms with E-state index in [-0.39, 0.29) is 5.91 Å². The molecule has 7 nitrogen and oxygen atoms in total. The third kappa shape index (κ3) is 4.23. The van der Waals surface area contributed by atoms with Crippen molar-refractivity contribution in [1.29, 1.82) is 0 Å². The number of para-hydroxylation sites is 1. The van der Waals surface area contributed by atoms with Gasteiger partial charge in [-0.2, -0.15) is 4.98 Å². The number of pyridine rings is 3. The number of anilines is 1. The first-order chi connectivity index (χ1) is 16.5. The van der Waals surface area contributed by atoms with Crippen LogP contribution in [0.4, 0.5) is 5.13 Å². The van der Waals surface area contributed by atoms with E-state index in [2.05, 4.69) is 25.3 Å². The Balaban J connectivity index is 1.47. The molecule has 0 saturated carbocycles. The van der Waals surface area contributed by atoms with Crippen molar-refractivity contribution in [3.63, 3.8) is 0 Å². The van der Waals surface area contributed by atoms with E-state index in [0.29, 0.717) is 22.1 Å². The summed E-state index contributed by atoms with van der Waals surface area (Å²) < 4.78 is 6.40. The second-order valence-electron chi connectivity index (χ2n) is 7.78. The quantitative estimate of drug-likeness (QED) is 0.357. The molecule has 0 radical (unpaired) electrons. The van der Waals surface area contributed by atoms with Crippen molar-refractivity contribution in [2.45, 2.75) is 13.8 Å². The largest absolute Gasteiger partial charge is 0.496 e. The molecule has 4 heterocycles. The number of aryl methyl sites for hydroxylation is 2. The third-order valence-corrected chi connectivity index (χ3v) is 6.29. The lowest BCUT2D eigenvalue weighted by atomic mass is 9.99. The van der Waals surface area contributed by atoms with Gasteiger partial charge in [0.2, 0.25) is 0 Å². The van der Waals surface area contributed by atoms with Gasteiger partial charge in [-0.05, 0) is 49.7 Å². The Morgan fingerprint density at radius 2 is 1.74 bits per heavy atom. The summed E-state index contributed by atoms with van der Waals surface area (Å²) in [6.07, 6.45) is 5.15. The molecule has 0 bridgehead atoms. The molecule has 1 N–H and O–H groups in total. The molecule has 0 aliphatic rings. The molecule has 0 saturated heterocycles. The summed E-state index contributed by atoms with van der Waals surface area (Å²) in [6.45, 7) is 3.84. The second kappa shape index (κ2) is 8.99. The molecular formula is C26H21N5O2S. The fraction of sp³-hybridized carbons (Fsp3) is 0.115. The van der Waals surface area contributed by atoms with E-state index in [4.69, 9.17) is 4.74 Å². The minimum atomic E-state index is -0.294. The maximum absolute atomic E-state index is 13.3. The number of ether oxygens (including phenoxy) is 1. The molecule has 34 heavy (non-hydrogen) atoms. The highest BCUT2D eigenvalue weighted by Gasteiger charge is 2.18. The molecule has 0 unspecified atom stereocenters. The predicted molar refractivity (Wildman–Crippen MR) is 134 cm³/mol. The van der Waals surface area contributed by atoms with Crippen molar-refractivity contribution in [3.8, 4) is 28.0 Å². The van der Waals surface area contributed by atoms with Crippen LogP contribution in [-0.4, -0.2) is 33.0 Å². The van der Waals surface area contributed by atoms with E-state index in [0.717, 1.165) is 38.3 Å². The average Bonchev–Trinajstić information content (AvgIpc) is 3.25. The van der Waals surface area contributed by atoms with Crippen molar-refractivity contribution in [3.05, 3.63) is 84.1 Å².